The topological polar surface area (TPSA) is 122 Å². The molecule has 0 fully saturated rings. The van der Waals surface area contributed by atoms with Crippen molar-refractivity contribution in [2.45, 2.75) is 385 Å². The van der Waals surface area contributed by atoms with Gasteiger partial charge in [-0.3, -0.25) is 19.4 Å². The predicted octanol–water partition coefficient (Wildman–Crippen LogP) is 19.5. The summed E-state index contributed by atoms with van der Waals surface area (Å²) in [5, 5.41) is 44.7. The van der Waals surface area contributed by atoms with Crippen LogP contribution in [-0.4, -0.2) is 109 Å². The van der Waals surface area contributed by atoms with Crippen LogP contribution >= 0.6 is 23.5 Å². The number of carbonyl (C=O) groups is 2. The van der Waals surface area contributed by atoms with Crippen LogP contribution in [0.5, 0.6) is 0 Å². The van der Waals surface area contributed by atoms with Gasteiger partial charge in [-0.25, -0.2) is 0 Å². The second kappa shape index (κ2) is 61.4. The van der Waals surface area contributed by atoms with Crippen LogP contribution in [0.3, 0.4) is 0 Å². The molecule has 0 spiro atoms. The summed E-state index contributed by atoms with van der Waals surface area (Å²) in [5.74, 6) is 0. The van der Waals surface area contributed by atoms with E-state index in [0.717, 1.165) is 90.1 Å². The monoisotopic (exact) mass is 1140 g/mol. The fraction of sp³-hybridized carbons (Fsp3) is 0.971. The van der Waals surface area contributed by atoms with Crippen LogP contribution in [0.25, 0.3) is 0 Å². The zero-order valence-corrected chi connectivity index (χ0v) is 54.4. The van der Waals surface area contributed by atoms with E-state index in [1.807, 2.05) is 6.92 Å². The highest BCUT2D eigenvalue weighted by molar-refractivity contribution is 8.29. The van der Waals surface area contributed by atoms with Crippen molar-refractivity contribution in [3.63, 3.8) is 0 Å². The molecule has 0 aromatic rings. The molecule has 4 N–H and O–H groups in total. The Bertz CT molecular complexity index is 1080. The number of unbranched alkanes of at least 4 members (excludes halogenated alkanes) is 38. The van der Waals surface area contributed by atoms with Crippen molar-refractivity contribution in [1.82, 2.24) is 9.80 Å². The molecule has 466 valence electrons. The Kier molecular flexibility index (Phi) is 61.2. The number of nitrogens with zero attached hydrogens (tertiary/aromatic N) is 2. The van der Waals surface area contributed by atoms with Gasteiger partial charge in [0.1, 0.15) is 0 Å². The lowest BCUT2D eigenvalue weighted by Gasteiger charge is -2.27. The smallest absolute Gasteiger partial charge is 0.190 e. The van der Waals surface area contributed by atoms with Crippen LogP contribution in [0.1, 0.15) is 356 Å². The lowest BCUT2D eigenvalue weighted by Crippen LogP contribution is -2.38. The first kappa shape index (κ1) is 77.8. The summed E-state index contributed by atoms with van der Waals surface area (Å²) < 4.78 is -0.137. The van der Waals surface area contributed by atoms with Crippen molar-refractivity contribution in [2.24, 2.45) is 0 Å². The Labute approximate surface area is 494 Å². The zero-order chi connectivity index (χ0) is 57.2. The third-order valence-corrected chi connectivity index (χ3v) is 18.4. The highest BCUT2D eigenvalue weighted by Crippen LogP contribution is 2.28. The maximum absolute atomic E-state index is 13.1. The lowest BCUT2D eigenvalue weighted by atomic mass is 10.0. The Morgan fingerprint density at radius 1 is 0.295 bits per heavy atom. The third-order valence-electron chi connectivity index (χ3n) is 16.2. The molecule has 0 amide bonds. The molecule has 0 radical (unpaired) electrons. The van der Waals surface area contributed by atoms with E-state index < -0.39 is 24.4 Å². The van der Waals surface area contributed by atoms with E-state index in [1.165, 1.54) is 255 Å². The number of aliphatic hydroxyl groups excluding tert-OH is 4. The Morgan fingerprint density at radius 3 is 0.692 bits per heavy atom. The van der Waals surface area contributed by atoms with Gasteiger partial charge in [-0.05, 0) is 71.4 Å². The number of aliphatic hydroxyl groups is 4. The van der Waals surface area contributed by atoms with Gasteiger partial charge in [0.2, 0.25) is 0 Å². The second-order valence-electron chi connectivity index (χ2n) is 24.5. The van der Waals surface area contributed by atoms with Gasteiger partial charge < -0.3 is 20.4 Å². The predicted molar refractivity (Wildman–Crippen MR) is 345 cm³/mol. The van der Waals surface area contributed by atoms with E-state index in [-0.39, 0.29) is 14.8 Å². The quantitative estimate of drug-likeness (QED) is 0.0346. The van der Waals surface area contributed by atoms with Crippen LogP contribution in [0.15, 0.2) is 0 Å². The highest BCUT2D eigenvalue weighted by Gasteiger charge is 2.20. The van der Waals surface area contributed by atoms with Crippen molar-refractivity contribution in [2.75, 3.05) is 39.3 Å². The Hall–Kier alpha value is -0.200. The molecule has 0 aromatic heterocycles. The van der Waals surface area contributed by atoms with Crippen molar-refractivity contribution < 1.29 is 30.0 Å². The molecule has 0 bridgehead atoms. The van der Waals surface area contributed by atoms with Gasteiger partial charge in [0, 0.05) is 39.0 Å². The number of carbonyl (C=O) groups excluding carboxylic acids is 2. The SMILES string of the molecule is CCCCCCCCCCCCC(O)CN(CCCCC(=O)SC(C)SC(=O)CCCCN(CC(O)CCCCCCCCCCCC)CC(O)CCCCCCCCCCCC)CC(O)CCCCCCCCCCCC. The minimum Gasteiger partial charge on any atom is -0.392 e. The first-order chi connectivity index (χ1) is 38.0. The minimum absolute atomic E-state index is 0.125. The first-order valence-electron chi connectivity index (χ1n) is 34.6. The molecule has 0 saturated heterocycles. The van der Waals surface area contributed by atoms with Crippen molar-refractivity contribution in [3.05, 3.63) is 0 Å². The van der Waals surface area contributed by atoms with Crippen molar-refractivity contribution >= 4 is 33.8 Å². The average Bonchev–Trinajstić information content (AvgIpc) is 3.40. The molecule has 4 atom stereocenters. The fourth-order valence-corrected chi connectivity index (χ4v) is 13.4. The van der Waals surface area contributed by atoms with Crippen LogP contribution in [0.4, 0.5) is 0 Å². The molecule has 0 aromatic carbocycles. The number of hydrogen-bond donors (Lipinski definition) is 4. The maximum Gasteiger partial charge on any atom is 0.190 e. The average molecular weight is 1140 g/mol. The van der Waals surface area contributed by atoms with E-state index in [0.29, 0.717) is 39.0 Å². The normalized spacial score (nSPS) is 13.9. The molecular weight excluding hydrogens is 1000 g/mol. The van der Waals surface area contributed by atoms with Gasteiger partial charge in [-0.1, -0.05) is 308 Å². The third kappa shape index (κ3) is 57.6. The molecular formula is C68H136N2O6S2. The highest BCUT2D eigenvalue weighted by atomic mass is 32.2. The summed E-state index contributed by atoms with van der Waals surface area (Å²) in [5.41, 5.74) is 0. The maximum atomic E-state index is 13.1. The second-order valence-corrected chi connectivity index (χ2v) is 27.6. The van der Waals surface area contributed by atoms with Gasteiger partial charge in [0.25, 0.3) is 0 Å². The van der Waals surface area contributed by atoms with E-state index in [1.54, 1.807) is 0 Å². The molecule has 0 saturated carbocycles. The first-order valence-corrected chi connectivity index (χ1v) is 36.4. The molecule has 8 nitrogen and oxygen atoms in total. The molecule has 10 heteroatoms. The number of thioether (sulfide) groups is 2. The van der Waals surface area contributed by atoms with Gasteiger partial charge in [0.05, 0.1) is 29.0 Å². The number of hydrogen-bond acceptors (Lipinski definition) is 10. The van der Waals surface area contributed by atoms with Gasteiger partial charge >= 0.3 is 0 Å². The van der Waals surface area contributed by atoms with Gasteiger partial charge in [-0.15, -0.1) is 0 Å². The summed E-state index contributed by atoms with van der Waals surface area (Å²) in [6, 6.07) is 0. The zero-order valence-electron chi connectivity index (χ0n) is 52.8. The van der Waals surface area contributed by atoms with Gasteiger partial charge in [0.15, 0.2) is 10.2 Å². The van der Waals surface area contributed by atoms with E-state index in [2.05, 4.69) is 37.5 Å². The molecule has 4 unspecified atom stereocenters. The molecule has 0 heterocycles. The molecule has 0 aliphatic heterocycles. The summed E-state index contributed by atoms with van der Waals surface area (Å²) in [6.45, 7) is 14.9. The van der Waals surface area contributed by atoms with E-state index in [9.17, 15) is 30.0 Å². The van der Waals surface area contributed by atoms with Crippen LogP contribution in [0.2, 0.25) is 0 Å². The van der Waals surface area contributed by atoms with Crippen molar-refractivity contribution in [1.29, 1.82) is 0 Å². The summed E-state index contributed by atoms with van der Waals surface area (Å²) in [6.07, 6.45) is 57.0. The van der Waals surface area contributed by atoms with Crippen LogP contribution in [0, 0.1) is 0 Å². The van der Waals surface area contributed by atoms with E-state index >= 15 is 0 Å². The summed E-state index contributed by atoms with van der Waals surface area (Å²) in [4.78, 5) is 30.7. The van der Waals surface area contributed by atoms with Crippen molar-refractivity contribution in [3.8, 4) is 0 Å². The van der Waals surface area contributed by atoms with E-state index in [4.69, 9.17) is 0 Å². The summed E-state index contributed by atoms with van der Waals surface area (Å²) in [7, 11) is 0. The summed E-state index contributed by atoms with van der Waals surface area (Å²) >= 11 is 2.56. The largest absolute Gasteiger partial charge is 0.392 e. The minimum atomic E-state index is -0.399. The molecule has 0 aliphatic carbocycles. The lowest BCUT2D eigenvalue weighted by molar-refractivity contribution is -0.111. The standard InChI is InChI=1S/C68H136N2O6S2/c1-6-10-14-18-22-26-30-34-38-42-50-63(71)58-69(59-64(72)51-43-39-35-31-27-23-19-15-11-7-2)56-48-46-54-67(75)77-62(5)78-68(76)55-47-49-57-70(60-65(73)52-44-40-36-32-28-24-20-16-12-8-3)61-66(74)53-45-41-37-33-29-25-21-17-13-9-4/h62-66,71-74H,6-61H2,1-5H3. The molecule has 0 rings (SSSR count). The van der Waals surface area contributed by atoms with Crippen LogP contribution in [-0.2, 0) is 9.59 Å². The van der Waals surface area contributed by atoms with Gasteiger partial charge in [-0.2, -0.15) is 0 Å². The Morgan fingerprint density at radius 2 is 0.487 bits per heavy atom. The fourth-order valence-electron chi connectivity index (χ4n) is 11.3. The molecule has 0 aliphatic rings. The molecule has 78 heavy (non-hydrogen) atoms. The number of rotatable bonds is 64. The Balaban J connectivity index is 4.89. The van der Waals surface area contributed by atoms with Crippen LogP contribution < -0.4 is 0 Å².